The first kappa shape index (κ1) is 15.8. The Balaban J connectivity index is 2.01. The van der Waals surface area contributed by atoms with Gasteiger partial charge in [-0.05, 0) is 24.6 Å². The minimum Gasteiger partial charge on any atom is -0.357 e. The lowest BCUT2D eigenvalue weighted by molar-refractivity contribution is -0.384. The van der Waals surface area contributed by atoms with E-state index in [-0.39, 0.29) is 16.8 Å². The Morgan fingerprint density at radius 2 is 2.14 bits per heavy atom. The van der Waals surface area contributed by atoms with Crippen LogP contribution >= 0.6 is 11.6 Å². The minimum atomic E-state index is -0.548. The first-order chi connectivity index (χ1) is 10.4. The molecule has 8 heteroatoms. The van der Waals surface area contributed by atoms with Crippen LogP contribution in [0.15, 0.2) is 36.7 Å². The predicted octanol–water partition coefficient (Wildman–Crippen LogP) is 3.47. The molecule has 0 aliphatic heterocycles. The highest BCUT2D eigenvalue weighted by molar-refractivity contribution is 6.33. The number of hydrogen-bond acceptors (Lipinski definition) is 3. The number of nitrogens with zero attached hydrogens (tertiary/aromatic N) is 2. The van der Waals surface area contributed by atoms with Gasteiger partial charge in [0.1, 0.15) is 0 Å². The molecule has 2 amide bonds. The lowest BCUT2D eigenvalue weighted by Crippen LogP contribution is -2.31. The van der Waals surface area contributed by atoms with Crippen molar-refractivity contribution >= 4 is 29.0 Å². The number of anilines is 1. The number of aromatic nitrogens is 1. The van der Waals surface area contributed by atoms with Crippen molar-refractivity contribution in [2.24, 2.45) is 7.05 Å². The maximum absolute atomic E-state index is 12.0. The number of benzene rings is 1. The number of urea groups is 1. The Labute approximate surface area is 132 Å². The standard InChI is InChI=1S/C14H15ClN4O3/c1-9(10-5-6-18(2)8-10)16-14(20)17-13-4-3-11(19(21)22)7-12(13)15/h3-9H,1-2H3,(H2,16,17,20)/t9-/m1/s1. The van der Waals surface area contributed by atoms with Crippen LogP contribution in [0.1, 0.15) is 18.5 Å². The molecule has 22 heavy (non-hydrogen) atoms. The third-order valence-corrected chi connectivity index (χ3v) is 3.43. The Bertz CT molecular complexity index is 714. The zero-order valence-electron chi connectivity index (χ0n) is 12.0. The van der Waals surface area contributed by atoms with Gasteiger partial charge >= 0.3 is 6.03 Å². The van der Waals surface area contributed by atoms with Gasteiger partial charge in [0.05, 0.1) is 21.7 Å². The van der Waals surface area contributed by atoms with Crippen molar-refractivity contribution in [2.45, 2.75) is 13.0 Å². The van der Waals surface area contributed by atoms with Crippen LogP contribution in [0, 0.1) is 10.1 Å². The highest BCUT2D eigenvalue weighted by atomic mass is 35.5. The predicted molar refractivity (Wildman–Crippen MR) is 84.1 cm³/mol. The average Bonchev–Trinajstić information content (AvgIpc) is 2.87. The highest BCUT2D eigenvalue weighted by Gasteiger charge is 2.14. The molecule has 0 aliphatic rings. The number of hydrogen-bond donors (Lipinski definition) is 2. The molecule has 2 aromatic rings. The maximum Gasteiger partial charge on any atom is 0.319 e. The summed E-state index contributed by atoms with van der Waals surface area (Å²) in [6, 6.07) is 5.15. The maximum atomic E-state index is 12.0. The fourth-order valence-electron chi connectivity index (χ4n) is 1.94. The van der Waals surface area contributed by atoms with Gasteiger partial charge in [-0.3, -0.25) is 10.1 Å². The molecule has 0 saturated heterocycles. The molecular formula is C14H15ClN4O3. The van der Waals surface area contributed by atoms with Crippen molar-refractivity contribution < 1.29 is 9.72 Å². The number of aryl methyl sites for hydroxylation is 1. The van der Waals surface area contributed by atoms with Crippen molar-refractivity contribution in [3.05, 3.63) is 57.4 Å². The number of halogens is 1. The largest absolute Gasteiger partial charge is 0.357 e. The lowest BCUT2D eigenvalue weighted by atomic mass is 10.2. The van der Waals surface area contributed by atoms with Crippen molar-refractivity contribution in [1.82, 2.24) is 9.88 Å². The van der Waals surface area contributed by atoms with Gasteiger partial charge in [0.25, 0.3) is 5.69 Å². The van der Waals surface area contributed by atoms with E-state index in [2.05, 4.69) is 10.6 Å². The quantitative estimate of drug-likeness (QED) is 0.667. The second kappa shape index (κ2) is 6.48. The Morgan fingerprint density at radius 1 is 1.41 bits per heavy atom. The highest BCUT2D eigenvalue weighted by Crippen LogP contribution is 2.26. The molecule has 7 nitrogen and oxygen atoms in total. The van der Waals surface area contributed by atoms with Crippen molar-refractivity contribution in [3.63, 3.8) is 0 Å². The number of carbonyl (C=O) groups excluding carboxylic acids is 1. The molecule has 0 radical (unpaired) electrons. The van der Waals surface area contributed by atoms with E-state index in [4.69, 9.17) is 11.6 Å². The van der Waals surface area contributed by atoms with E-state index >= 15 is 0 Å². The first-order valence-electron chi connectivity index (χ1n) is 6.50. The number of amides is 2. The minimum absolute atomic E-state index is 0.108. The summed E-state index contributed by atoms with van der Waals surface area (Å²) in [5, 5.41) is 16.1. The summed E-state index contributed by atoms with van der Waals surface area (Å²) in [6.45, 7) is 1.85. The molecule has 0 spiro atoms. The molecular weight excluding hydrogens is 308 g/mol. The zero-order valence-corrected chi connectivity index (χ0v) is 12.8. The number of nitro benzene ring substituents is 1. The molecule has 0 bridgehead atoms. The lowest BCUT2D eigenvalue weighted by Gasteiger charge is -2.14. The normalized spacial score (nSPS) is 11.8. The second-order valence-electron chi connectivity index (χ2n) is 4.85. The van der Waals surface area contributed by atoms with Crippen LogP contribution in [0.5, 0.6) is 0 Å². The fraction of sp³-hybridized carbons (Fsp3) is 0.214. The van der Waals surface area contributed by atoms with Gasteiger partial charge in [-0.15, -0.1) is 0 Å². The molecule has 116 valence electrons. The third-order valence-electron chi connectivity index (χ3n) is 3.11. The summed E-state index contributed by atoms with van der Waals surface area (Å²) in [7, 11) is 1.90. The monoisotopic (exact) mass is 322 g/mol. The van der Waals surface area contributed by atoms with Gasteiger partial charge < -0.3 is 15.2 Å². The molecule has 0 aliphatic carbocycles. The Kier molecular flexibility index (Phi) is 4.67. The summed E-state index contributed by atoms with van der Waals surface area (Å²) in [4.78, 5) is 22.0. The van der Waals surface area contributed by atoms with E-state index in [0.29, 0.717) is 5.69 Å². The van der Waals surface area contributed by atoms with Gasteiger partial charge in [-0.25, -0.2) is 4.79 Å². The van der Waals surface area contributed by atoms with Gasteiger partial charge in [0, 0.05) is 31.6 Å². The van der Waals surface area contributed by atoms with Gasteiger partial charge in [-0.2, -0.15) is 0 Å². The van der Waals surface area contributed by atoms with Crippen molar-refractivity contribution in [1.29, 1.82) is 0 Å². The molecule has 0 saturated carbocycles. The number of nitrogens with one attached hydrogen (secondary N) is 2. The summed E-state index contributed by atoms with van der Waals surface area (Å²) in [6.07, 6.45) is 3.79. The van der Waals surface area contributed by atoms with Gasteiger partial charge in [-0.1, -0.05) is 11.6 Å². The molecule has 0 fully saturated rings. The van der Waals surface area contributed by atoms with Crippen LogP contribution in [0.4, 0.5) is 16.2 Å². The van der Waals surface area contributed by atoms with E-state index in [1.165, 1.54) is 18.2 Å². The van der Waals surface area contributed by atoms with Crippen LogP contribution < -0.4 is 10.6 Å². The molecule has 1 aromatic carbocycles. The molecule has 1 heterocycles. The van der Waals surface area contributed by atoms with E-state index in [9.17, 15) is 14.9 Å². The molecule has 2 rings (SSSR count). The van der Waals surface area contributed by atoms with Crippen LogP contribution in [0.25, 0.3) is 0 Å². The molecule has 1 atom stereocenters. The smallest absolute Gasteiger partial charge is 0.319 e. The third kappa shape index (κ3) is 3.76. The van der Waals surface area contributed by atoms with Gasteiger partial charge in [0.2, 0.25) is 0 Å². The van der Waals surface area contributed by atoms with E-state index in [1.807, 2.05) is 37.0 Å². The topological polar surface area (TPSA) is 89.2 Å². The summed E-state index contributed by atoms with van der Waals surface area (Å²) in [5.41, 5.74) is 1.14. The van der Waals surface area contributed by atoms with Gasteiger partial charge in [0.15, 0.2) is 0 Å². The summed E-state index contributed by atoms with van der Waals surface area (Å²) < 4.78 is 1.89. The molecule has 2 N–H and O–H groups in total. The van der Waals surface area contributed by atoms with E-state index in [0.717, 1.165) is 5.56 Å². The summed E-state index contributed by atoms with van der Waals surface area (Å²) >= 11 is 5.92. The van der Waals surface area contributed by atoms with Crippen LogP contribution in [0.2, 0.25) is 5.02 Å². The SMILES string of the molecule is C[C@@H](NC(=O)Nc1ccc([N+](=O)[O-])cc1Cl)c1ccn(C)c1. The molecule has 1 aromatic heterocycles. The van der Waals surface area contributed by atoms with Crippen LogP contribution in [0.3, 0.4) is 0 Å². The van der Waals surface area contributed by atoms with E-state index < -0.39 is 11.0 Å². The number of nitro groups is 1. The van der Waals surface area contributed by atoms with E-state index in [1.54, 1.807) is 0 Å². The molecule has 0 unspecified atom stereocenters. The zero-order chi connectivity index (χ0) is 16.3. The fourth-order valence-corrected chi connectivity index (χ4v) is 2.16. The number of non-ortho nitro benzene ring substituents is 1. The second-order valence-corrected chi connectivity index (χ2v) is 5.26. The Morgan fingerprint density at radius 3 is 2.68 bits per heavy atom. The number of carbonyl (C=O) groups is 1. The van der Waals surface area contributed by atoms with Crippen molar-refractivity contribution in [2.75, 3.05) is 5.32 Å². The van der Waals surface area contributed by atoms with Crippen molar-refractivity contribution in [3.8, 4) is 0 Å². The Hall–Kier alpha value is -2.54. The van der Waals surface area contributed by atoms with Crippen LogP contribution in [-0.2, 0) is 7.05 Å². The average molecular weight is 323 g/mol. The van der Waals surface area contributed by atoms with Crippen LogP contribution in [-0.4, -0.2) is 15.5 Å². The number of rotatable bonds is 4. The summed E-state index contributed by atoms with van der Waals surface area (Å²) in [5.74, 6) is 0. The first-order valence-corrected chi connectivity index (χ1v) is 6.88.